The summed E-state index contributed by atoms with van der Waals surface area (Å²) in [6.45, 7) is 0. The van der Waals surface area contributed by atoms with Gasteiger partial charge in [0, 0.05) is 5.88 Å². The number of rotatable bonds is 2. The molecular formula is C5H7ClN2OS. The van der Waals surface area contributed by atoms with Crippen LogP contribution in [0.2, 0.25) is 0 Å². The molecule has 0 fully saturated rings. The fraction of sp³-hybridized carbons (Fsp3) is 0.600. The molecule has 0 aromatic heterocycles. The van der Waals surface area contributed by atoms with Crippen molar-refractivity contribution in [2.45, 2.75) is 11.7 Å². The molecule has 0 aromatic rings. The fourth-order valence-corrected chi connectivity index (χ4v) is 1.86. The highest BCUT2D eigenvalue weighted by molar-refractivity contribution is 8.15. The second kappa shape index (κ2) is 3.25. The van der Waals surface area contributed by atoms with Gasteiger partial charge < -0.3 is 5.73 Å². The number of nitrogens with zero attached hydrogens (tertiary/aromatic N) is 1. The van der Waals surface area contributed by atoms with E-state index in [1.807, 2.05) is 0 Å². The largest absolute Gasteiger partial charge is 0.378 e. The van der Waals surface area contributed by atoms with Crippen LogP contribution in [0.3, 0.4) is 0 Å². The minimum absolute atomic E-state index is 0.127. The number of amidine groups is 1. The molecule has 0 radical (unpaired) electrons. The maximum atomic E-state index is 10.8. The van der Waals surface area contributed by atoms with Crippen LogP contribution < -0.4 is 5.73 Å². The molecule has 0 saturated carbocycles. The van der Waals surface area contributed by atoms with E-state index in [-0.39, 0.29) is 11.2 Å². The molecular weight excluding hydrogens is 172 g/mol. The standard InChI is InChI=1S/C5H7ClN2OS/c6-2-1-3-4(9)8-5(7)10-3/h3H,1-2H2,(H2,7,8,9). The van der Waals surface area contributed by atoms with Crippen molar-refractivity contribution in [3.63, 3.8) is 0 Å². The van der Waals surface area contributed by atoms with Crippen LogP contribution in [0.5, 0.6) is 0 Å². The molecule has 1 unspecified atom stereocenters. The van der Waals surface area contributed by atoms with Gasteiger partial charge in [-0.3, -0.25) is 4.79 Å². The van der Waals surface area contributed by atoms with Crippen LogP contribution in [0.25, 0.3) is 0 Å². The summed E-state index contributed by atoms with van der Waals surface area (Å²) in [5, 5.41) is 0.234. The molecule has 0 saturated heterocycles. The Morgan fingerprint density at radius 3 is 2.90 bits per heavy atom. The Labute approximate surface area is 68.0 Å². The number of nitrogens with two attached hydrogens (primary N) is 1. The number of amides is 1. The number of alkyl halides is 1. The molecule has 0 aliphatic carbocycles. The van der Waals surface area contributed by atoms with Gasteiger partial charge in [0.05, 0.1) is 5.25 Å². The molecule has 0 spiro atoms. The van der Waals surface area contributed by atoms with Gasteiger partial charge in [0.15, 0.2) is 5.17 Å². The first-order valence-electron chi connectivity index (χ1n) is 2.84. The lowest BCUT2D eigenvalue weighted by Gasteiger charge is -1.99. The van der Waals surface area contributed by atoms with E-state index in [2.05, 4.69) is 4.99 Å². The molecule has 1 amide bonds. The van der Waals surface area contributed by atoms with E-state index in [0.717, 1.165) is 0 Å². The molecule has 1 heterocycles. The van der Waals surface area contributed by atoms with E-state index >= 15 is 0 Å². The van der Waals surface area contributed by atoms with Crippen LogP contribution in [0, 0.1) is 0 Å². The lowest BCUT2D eigenvalue weighted by molar-refractivity contribution is -0.117. The monoisotopic (exact) mass is 178 g/mol. The van der Waals surface area contributed by atoms with Crippen LogP contribution >= 0.6 is 23.4 Å². The van der Waals surface area contributed by atoms with Crippen molar-refractivity contribution in [3.8, 4) is 0 Å². The Morgan fingerprint density at radius 2 is 2.50 bits per heavy atom. The Hall–Kier alpha value is -0.220. The van der Waals surface area contributed by atoms with Gasteiger partial charge in [-0.05, 0) is 6.42 Å². The zero-order chi connectivity index (χ0) is 7.56. The number of carbonyl (C=O) groups is 1. The van der Waals surface area contributed by atoms with Gasteiger partial charge in [0.1, 0.15) is 0 Å². The maximum Gasteiger partial charge on any atom is 0.261 e. The van der Waals surface area contributed by atoms with Crippen molar-refractivity contribution in [1.29, 1.82) is 0 Å². The molecule has 1 aliphatic rings. The number of halogens is 1. The van der Waals surface area contributed by atoms with Crippen molar-refractivity contribution in [2.24, 2.45) is 10.7 Å². The third-order valence-electron chi connectivity index (χ3n) is 1.13. The Balaban J connectivity index is 2.47. The van der Waals surface area contributed by atoms with Gasteiger partial charge in [0.2, 0.25) is 0 Å². The minimum Gasteiger partial charge on any atom is -0.378 e. The molecule has 0 bridgehead atoms. The highest BCUT2D eigenvalue weighted by atomic mass is 35.5. The molecule has 2 N–H and O–H groups in total. The number of thioether (sulfide) groups is 1. The zero-order valence-electron chi connectivity index (χ0n) is 5.21. The van der Waals surface area contributed by atoms with Crippen molar-refractivity contribution in [3.05, 3.63) is 0 Å². The summed E-state index contributed by atoms with van der Waals surface area (Å²) < 4.78 is 0. The molecule has 1 aliphatic heterocycles. The van der Waals surface area contributed by atoms with Gasteiger partial charge in [-0.15, -0.1) is 11.6 Å². The van der Waals surface area contributed by atoms with Crippen molar-refractivity contribution in [2.75, 3.05) is 5.88 Å². The molecule has 1 rings (SSSR count). The van der Waals surface area contributed by atoms with Gasteiger partial charge in [-0.1, -0.05) is 11.8 Å². The first kappa shape index (κ1) is 7.88. The predicted octanol–water partition coefficient (Wildman–Crippen LogP) is 0.572. The van der Waals surface area contributed by atoms with E-state index in [1.54, 1.807) is 0 Å². The van der Waals surface area contributed by atoms with Crippen LogP contribution in [0.4, 0.5) is 0 Å². The molecule has 10 heavy (non-hydrogen) atoms. The molecule has 3 nitrogen and oxygen atoms in total. The lowest BCUT2D eigenvalue weighted by atomic mass is 10.3. The van der Waals surface area contributed by atoms with Gasteiger partial charge in [-0.2, -0.15) is 4.99 Å². The van der Waals surface area contributed by atoms with Gasteiger partial charge in [-0.25, -0.2) is 0 Å². The second-order valence-electron chi connectivity index (χ2n) is 1.87. The van der Waals surface area contributed by atoms with Crippen LogP contribution in [0.15, 0.2) is 4.99 Å². The van der Waals surface area contributed by atoms with E-state index in [0.29, 0.717) is 17.5 Å². The van der Waals surface area contributed by atoms with E-state index in [1.165, 1.54) is 11.8 Å². The van der Waals surface area contributed by atoms with Crippen LogP contribution in [0.1, 0.15) is 6.42 Å². The average Bonchev–Trinajstić information content (AvgIpc) is 2.13. The highest BCUT2D eigenvalue weighted by Crippen LogP contribution is 2.22. The first-order valence-corrected chi connectivity index (χ1v) is 4.26. The van der Waals surface area contributed by atoms with Gasteiger partial charge in [0.25, 0.3) is 5.91 Å². The maximum absolute atomic E-state index is 10.8. The predicted molar refractivity (Wildman–Crippen MR) is 43.3 cm³/mol. The number of aliphatic imine (C=N–C) groups is 1. The number of hydrogen-bond donors (Lipinski definition) is 1. The molecule has 1 atom stereocenters. The van der Waals surface area contributed by atoms with E-state index in [4.69, 9.17) is 17.3 Å². The first-order chi connectivity index (χ1) is 4.74. The number of hydrogen-bond acceptors (Lipinski definition) is 3. The van der Waals surface area contributed by atoms with Crippen LogP contribution in [-0.2, 0) is 4.79 Å². The molecule has 0 aromatic carbocycles. The van der Waals surface area contributed by atoms with Crippen molar-refractivity contribution in [1.82, 2.24) is 0 Å². The smallest absolute Gasteiger partial charge is 0.261 e. The lowest BCUT2D eigenvalue weighted by Crippen LogP contribution is -2.11. The quantitative estimate of drug-likeness (QED) is 0.630. The topological polar surface area (TPSA) is 55.4 Å². The Morgan fingerprint density at radius 1 is 1.80 bits per heavy atom. The second-order valence-corrected chi connectivity index (χ2v) is 3.47. The van der Waals surface area contributed by atoms with Crippen molar-refractivity contribution < 1.29 is 4.79 Å². The molecule has 5 heteroatoms. The Bertz CT molecular complexity index is 182. The summed E-state index contributed by atoms with van der Waals surface area (Å²) in [5.74, 6) is 0.329. The third kappa shape index (κ3) is 1.64. The fourth-order valence-electron chi connectivity index (χ4n) is 0.685. The summed E-state index contributed by atoms with van der Waals surface area (Å²) in [6.07, 6.45) is 0.648. The summed E-state index contributed by atoms with van der Waals surface area (Å²) in [7, 11) is 0. The minimum atomic E-state index is -0.150. The summed E-state index contributed by atoms with van der Waals surface area (Å²) in [5.41, 5.74) is 5.29. The highest BCUT2D eigenvalue weighted by Gasteiger charge is 2.25. The zero-order valence-corrected chi connectivity index (χ0v) is 6.78. The van der Waals surface area contributed by atoms with Gasteiger partial charge >= 0.3 is 0 Å². The van der Waals surface area contributed by atoms with E-state index < -0.39 is 0 Å². The molecule has 56 valence electrons. The summed E-state index contributed by atoms with van der Waals surface area (Å²) >= 11 is 6.73. The number of carbonyl (C=O) groups excluding carboxylic acids is 1. The Kier molecular flexibility index (Phi) is 2.56. The third-order valence-corrected chi connectivity index (χ3v) is 2.40. The van der Waals surface area contributed by atoms with E-state index in [9.17, 15) is 4.79 Å². The normalized spacial score (nSPS) is 25.1. The SMILES string of the molecule is NC1=NC(=O)C(CCCl)S1. The van der Waals surface area contributed by atoms with Crippen molar-refractivity contribution >= 4 is 34.4 Å². The summed E-state index contributed by atoms with van der Waals surface area (Å²) in [6, 6.07) is 0. The summed E-state index contributed by atoms with van der Waals surface area (Å²) in [4.78, 5) is 14.4. The van der Waals surface area contributed by atoms with Crippen LogP contribution in [-0.4, -0.2) is 22.2 Å². The average molecular weight is 179 g/mol.